The lowest BCUT2D eigenvalue weighted by atomic mass is 10.0. The summed E-state index contributed by atoms with van der Waals surface area (Å²) in [6.07, 6.45) is -2.32. The van der Waals surface area contributed by atoms with E-state index in [0.29, 0.717) is 0 Å². The highest BCUT2D eigenvalue weighted by atomic mass is 35.5. The van der Waals surface area contributed by atoms with E-state index in [9.17, 15) is 14.6 Å². The van der Waals surface area contributed by atoms with Gasteiger partial charge in [-0.3, -0.25) is 0 Å². The molecule has 2 atom stereocenters. The first-order chi connectivity index (χ1) is 7.47. The van der Waals surface area contributed by atoms with E-state index < -0.39 is 18.0 Å². The Balaban J connectivity index is 3.03. The zero-order chi connectivity index (χ0) is 12.3. The average molecular weight is 268 g/mol. The molecule has 0 spiro atoms. The summed E-state index contributed by atoms with van der Waals surface area (Å²) in [6.45, 7) is 0.172. The number of hydrogen-bond acceptors (Lipinski definition) is 3. The molecule has 0 saturated carbocycles. The summed E-state index contributed by atoms with van der Waals surface area (Å²) < 4.78 is 12.9. The lowest BCUT2D eigenvalue weighted by molar-refractivity contribution is 0.0203. The van der Waals surface area contributed by atoms with E-state index in [1.807, 2.05) is 0 Å². The Morgan fingerprint density at radius 3 is 2.25 bits per heavy atom. The Kier molecular flexibility index (Phi) is 4.95. The summed E-state index contributed by atoms with van der Waals surface area (Å²) in [6, 6.07) is 2.08. The molecule has 0 bridgehead atoms. The molecule has 6 heteroatoms. The first kappa shape index (κ1) is 13.7. The summed E-state index contributed by atoms with van der Waals surface area (Å²) in [5.74, 6) is -0.589. The third-order valence-corrected chi connectivity index (χ3v) is 2.74. The first-order valence-electron chi connectivity index (χ1n) is 4.62. The molecule has 0 amide bonds. The summed E-state index contributed by atoms with van der Waals surface area (Å²) in [5.41, 5.74) is 0.132. The van der Waals surface area contributed by atoms with Gasteiger partial charge in [0, 0.05) is 12.1 Å². The van der Waals surface area contributed by atoms with Crippen molar-refractivity contribution in [3.05, 3.63) is 33.6 Å². The number of aliphatic hydroxyl groups is 2. The monoisotopic (exact) mass is 267 g/mol. The molecule has 0 saturated heterocycles. The molecule has 3 nitrogen and oxygen atoms in total. The zero-order valence-electron chi connectivity index (χ0n) is 8.54. The third-order valence-electron chi connectivity index (χ3n) is 2.12. The number of rotatable bonds is 4. The van der Waals surface area contributed by atoms with E-state index in [2.05, 4.69) is 5.32 Å². The Morgan fingerprint density at radius 2 is 1.81 bits per heavy atom. The minimum atomic E-state index is -1.26. The molecule has 90 valence electrons. The maximum absolute atomic E-state index is 12.9. The second-order valence-corrected chi connectivity index (χ2v) is 4.17. The molecule has 0 aliphatic carbocycles. The van der Waals surface area contributed by atoms with Crippen LogP contribution in [0.1, 0.15) is 11.7 Å². The minimum Gasteiger partial charge on any atom is -0.389 e. The maximum atomic E-state index is 12.9. The Bertz CT molecular complexity index is 353. The van der Waals surface area contributed by atoms with Crippen molar-refractivity contribution in [3.8, 4) is 0 Å². The van der Waals surface area contributed by atoms with Crippen LogP contribution in [0.3, 0.4) is 0 Å². The molecule has 3 N–H and O–H groups in total. The van der Waals surface area contributed by atoms with Gasteiger partial charge in [0.1, 0.15) is 11.9 Å². The lowest BCUT2D eigenvalue weighted by Gasteiger charge is -2.20. The normalized spacial score (nSPS) is 14.9. The minimum absolute atomic E-state index is 0.00680. The Hall–Kier alpha value is -0.390. The van der Waals surface area contributed by atoms with E-state index in [0.717, 1.165) is 12.1 Å². The molecule has 1 aromatic rings. The smallest absolute Gasteiger partial charge is 0.126 e. The second kappa shape index (κ2) is 5.80. The van der Waals surface area contributed by atoms with Crippen LogP contribution in [-0.4, -0.2) is 29.9 Å². The van der Waals surface area contributed by atoms with Gasteiger partial charge in [0.05, 0.1) is 16.1 Å². The first-order valence-corrected chi connectivity index (χ1v) is 5.38. The molecular formula is C10H12Cl2FNO2. The van der Waals surface area contributed by atoms with Gasteiger partial charge in [0.15, 0.2) is 0 Å². The standard InChI is InChI=1S/C10H12Cl2FNO2/c1-14-4-8(15)10(16)9-6(11)2-5(13)3-7(9)12/h2-3,8,10,14-16H,4H2,1H3. The summed E-state index contributed by atoms with van der Waals surface area (Å²) >= 11 is 11.5. The van der Waals surface area contributed by atoms with Gasteiger partial charge in [-0.05, 0) is 19.2 Å². The van der Waals surface area contributed by atoms with Crippen LogP contribution in [-0.2, 0) is 0 Å². The van der Waals surface area contributed by atoms with Gasteiger partial charge in [-0.1, -0.05) is 23.2 Å². The Morgan fingerprint density at radius 1 is 1.31 bits per heavy atom. The zero-order valence-corrected chi connectivity index (χ0v) is 10.1. The largest absolute Gasteiger partial charge is 0.389 e. The highest BCUT2D eigenvalue weighted by Gasteiger charge is 2.23. The van der Waals surface area contributed by atoms with Crippen LogP contribution in [0.2, 0.25) is 10.0 Å². The molecule has 0 fully saturated rings. The molecule has 0 heterocycles. The van der Waals surface area contributed by atoms with Crippen LogP contribution in [0.5, 0.6) is 0 Å². The van der Waals surface area contributed by atoms with Crippen LogP contribution in [0.15, 0.2) is 12.1 Å². The molecule has 16 heavy (non-hydrogen) atoms. The van der Waals surface area contributed by atoms with Crippen LogP contribution < -0.4 is 5.32 Å². The van der Waals surface area contributed by atoms with Gasteiger partial charge in [-0.25, -0.2) is 4.39 Å². The van der Waals surface area contributed by atoms with E-state index in [-0.39, 0.29) is 22.2 Å². The van der Waals surface area contributed by atoms with Gasteiger partial charge >= 0.3 is 0 Å². The summed E-state index contributed by atoms with van der Waals surface area (Å²) in [7, 11) is 1.63. The van der Waals surface area contributed by atoms with Crippen molar-refractivity contribution in [1.29, 1.82) is 0 Å². The van der Waals surface area contributed by atoms with Gasteiger partial charge in [0.2, 0.25) is 0 Å². The van der Waals surface area contributed by atoms with Crippen molar-refractivity contribution in [2.75, 3.05) is 13.6 Å². The third kappa shape index (κ3) is 3.06. The number of hydrogen-bond donors (Lipinski definition) is 3. The van der Waals surface area contributed by atoms with Gasteiger partial charge in [-0.2, -0.15) is 0 Å². The van der Waals surface area contributed by atoms with Crippen LogP contribution in [0.25, 0.3) is 0 Å². The van der Waals surface area contributed by atoms with Gasteiger partial charge in [-0.15, -0.1) is 0 Å². The topological polar surface area (TPSA) is 52.5 Å². The maximum Gasteiger partial charge on any atom is 0.126 e. The molecule has 0 aliphatic heterocycles. The summed E-state index contributed by atoms with van der Waals surface area (Å²) in [4.78, 5) is 0. The fourth-order valence-corrected chi connectivity index (χ4v) is 2.03. The van der Waals surface area contributed by atoms with Crippen molar-refractivity contribution in [2.45, 2.75) is 12.2 Å². The van der Waals surface area contributed by atoms with Crippen molar-refractivity contribution < 1.29 is 14.6 Å². The molecule has 0 radical (unpaired) electrons. The highest BCUT2D eigenvalue weighted by molar-refractivity contribution is 6.36. The van der Waals surface area contributed by atoms with E-state index in [4.69, 9.17) is 23.2 Å². The predicted molar refractivity (Wildman–Crippen MR) is 61.3 cm³/mol. The number of aliphatic hydroxyl groups excluding tert-OH is 2. The molecular weight excluding hydrogens is 256 g/mol. The van der Waals surface area contributed by atoms with Gasteiger partial charge in [0.25, 0.3) is 0 Å². The highest BCUT2D eigenvalue weighted by Crippen LogP contribution is 2.32. The van der Waals surface area contributed by atoms with E-state index >= 15 is 0 Å². The lowest BCUT2D eigenvalue weighted by Crippen LogP contribution is -2.29. The van der Waals surface area contributed by atoms with Crippen LogP contribution in [0.4, 0.5) is 4.39 Å². The molecule has 1 rings (SSSR count). The number of nitrogens with one attached hydrogen (secondary N) is 1. The van der Waals surface area contributed by atoms with Gasteiger partial charge < -0.3 is 15.5 Å². The fraction of sp³-hybridized carbons (Fsp3) is 0.400. The Labute approximate surface area is 103 Å². The predicted octanol–water partition coefficient (Wildman–Crippen LogP) is 1.75. The quantitative estimate of drug-likeness (QED) is 0.779. The SMILES string of the molecule is CNCC(O)C(O)c1c(Cl)cc(F)cc1Cl. The number of benzene rings is 1. The summed E-state index contributed by atoms with van der Waals surface area (Å²) in [5, 5.41) is 22.0. The van der Waals surface area contributed by atoms with Crippen molar-refractivity contribution >= 4 is 23.2 Å². The van der Waals surface area contributed by atoms with Crippen molar-refractivity contribution in [1.82, 2.24) is 5.32 Å². The molecule has 2 unspecified atom stereocenters. The molecule has 0 aromatic heterocycles. The molecule has 0 aliphatic rings. The van der Waals surface area contributed by atoms with E-state index in [1.54, 1.807) is 7.05 Å². The van der Waals surface area contributed by atoms with Crippen LogP contribution in [0, 0.1) is 5.82 Å². The second-order valence-electron chi connectivity index (χ2n) is 3.35. The number of halogens is 3. The average Bonchev–Trinajstić information content (AvgIpc) is 2.16. The van der Waals surface area contributed by atoms with Crippen molar-refractivity contribution in [2.24, 2.45) is 0 Å². The number of likely N-dealkylation sites (N-methyl/N-ethyl adjacent to an activating group) is 1. The fourth-order valence-electron chi connectivity index (χ4n) is 1.35. The van der Waals surface area contributed by atoms with Crippen molar-refractivity contribution in [3.63, 3.8) is 0 Å². The van der Waals surface area contributed by atoms with E-state index in [1.165, 1.54) is 0 Å². The molecule has 1 aromatic carbocycles. The van der Waals surface area contributed by atoms with Crippen LogP contribution >= 0.6 is 23.2 Å².